The van der Waals surface area contributed by atoms with Crippen molar-refractivity contribution in [3.8, 4) is 0 Å². The Morgan fingerprint density at radius 1 is 1.46 bits per heavy atom. The van der Waals surface area contributed by atoms with Gasteiger partial charge in [0.2, 0.25) is 0 Å². The van der Waals surface area contributed by atoms with Crippen LogP contribution in [0.15, 0.2) is 0 Å². The molecule has 0 aromatic carbocycles. The number of hydrogen-bond donors (Lipinski definition) is 1. The normalized spacial score (nSPS) is 19.0. The van der Waals surface area contributed by atoms with Gasteiger partial charge in [-0.25, -0.2) is 4.79 Å². The zero-order chi connectivity index (χ0) is 9.68. The average molecular weight is 315 g/mol. The summed E-state index contributed by atoms with van der Waals surface area (Å²) in [4.78, 5) is 11.1. The molecule has 76 valence electrons. The number of nitrogens with one attached hydrogen (secondary N) is 1. The summed E-state index contributed by atoms with van der Waals surface area (Å²) in [6.07, 6.45) is 2.20. The van der Waals surface area contributed by atoms with E-state index in [1.54, 1.807) is 0 Å². The third kappa shape index (κ3) is 4.42. The molecule has 5 heteroatoms. The van der Waals surface area contributed by atoms with Crippen LogP contribution in [0, 0.1) is 5.92 Å². The van der Waals surface area contributed by atoms with Crippen LogP contribution in [0.4, 0.5) is 0 Å². The Bertz CT molecular complexity index is 170. The van der Waals surface area contributed by atoms with Crippen molar-refractivity contribution in [1.29, 1.82) is 0 Å². The summed E-state index contributed by atoms with van der Waals surface area (Å²) in [7, 11) is 0. The molecule has 1 saturated heterocycles. The summed E-state index contributed by atoms with van der Waals surface area (Å²) < 4.78 is 4.71. The monoisotopic (exact) mass is 313 g/mol. The fourth-order valence-electron chi connectivity index (χ4n) is 1.31. The van der Waals surface area contributed by atoms with Crippen LogP contribution in [0.1, 0.15) is 12.8 Å². The molecule has 1 rings (SSSR count). The third-order valence-electron chi connectivity index (χ3n) is 2.10. The highest BCUT2D eigenvalue weighted by atomic mass is 79.9. The molecule has 0 aromatic heterocycles. The number of rotatable bonds is 3. The maximum Gasteiger partial charge on any atom is 0.330 e. The lowest BCUT2D eigenvalue weighted by Crippen LogP contribution is -2.31. The number of alkyl halides is 2. The molecule has 1 aliphatic rings. The summed E-state index contributed by atoms with van der Waals surface area (Å²) in [5.74, 6) is 0.294. The SMILES string of the molecule is O=C(OCC1CCNCC1)C(Br)Br. The van der Waals surface area contributed by atoms with Gasteiger partial charge in [-0.2, -0.15) is 0 Å². The van der Waals surface area contributed by atoms with Crippen molar-refractivity contribution >= 4 is 37.8 Å². The lowest BCUT2D eigenvalue weighted by molar-refractivity contribution is -0.142. The highest BCUT2D eigenvalue weighted by Crippen LogP contribution is 2.14. The molecule has 0 radical (unpaired) electrons. The van der Waals surface area contributed by atoms with Crippen molar-refractivity contribution < 1.29 is 9.53 Å². The second-order valence-electron chi connectivity index (χ2n) is 3.12. The smallest absolute Gasteiger partial charge is 0.330 e. The van der Waals surface area contributed by atoms with Crippen LogP contribution in [0.3, 0.4) is 0 Å². The zero-order valence-electron chi connectivity index (χ0n) is 7.26. The quantitative estimate of drug-likeness (QED) is 0.636. The fourth-order valence-corrected chi connectivity index (χ4v) is 1.58. The third-order valence-corrected chi connectivity index (χ3v) is 2.85. The number of piperidine rings is 1. The van der Waals surface area contributed by atoms with Gasteiger partial charge in [-0.15, -0.1) is 0 Å². The largest absolute Gasteiger partial charge is 0.464 e. The van der Waals surface area contributed by atoms with E-state index >= 15 is 0 Å². The number of halogens is 2. The Labute approximate surface area is 94.8 Å². The summed E-state index contributed by atoms with van der Waals surface area (Å²) in [5, 5.41) is 3.27. The molecule has 0 unspecified atom stereocenters. The summed E-state index contributed by atoms with van der Waals surface area (Å²) in [6, 6.07) is 0. The van der Waals surface area contributed by atoms with Crippen molar-refractivity contribution in [2.24, 2.45) is 5.92 Å². The number of esters is 1. The predicted molar refractivity (Wildman–Crippen MR) is 58.2 cm³/mol. The van der Waals surface area contributed by atoms with E-state index in [0.717, 1.165) is 25.9 Å². The zero-order valence-corrected chi connectivity index (χ0v) is 10.4. The molecule has 0 amide bonds. The minimum absolute atomic E-state index is 0.237. The molecule has 0 aromatic rings. The van der Waals surface area contributed by atoms with E-state index in [9.17, 15) is 4.79 Å². The number of carbonyl (C=O) groups excluding carboxylic acids is 1. The van der Waals surface area contributed by atoms with Crippen molar-refractivity contribution in [3.63, 3.8) is 0 Å². The van der Waals surface area contributed by atoms with Gasteiger partial charge < -0.3 is 10.1 Å². The van der Waals surface area contributed by atoms with Crippen molar-refractivity contribution in [3.05, 3.63) is 0 Å². The first-order valence-corrected chi connectivity index (χ1v) is 6.19. The van der Waals surface area contributed by atoms with Gasteiger partial charge in [-0.1, -0.05) is 31.9 Å². The van der Waals surface area contributed by atoms with Crippen molar-refractivity contribution in [2.45, 2.75) is 16.6 Å². The Morgan fingerprint density at radius 3 is 2.62 bits per heavy atom. The molecule has 3 nitrogen and oxygen atoms in total. The molecule has 0 saturated carbocycles. The first-order valence-electron chi connectivity index (χ1n) is 4.35. The van der Waals surface area contributed by atoms with E-state index < -0.39 is 0 Å². The molecule has 0 bridgehead atoms. The van der Waals surface area contributed by atoms with Crippen LogP contribution in [0.25, 0.3) is 0 Å². The van der Waals surface area contributed by atoms with Gasteiger partial charge in [-0.05, 0) is 31.8 Å². The van der Waals surface area contributed by atoms with E-state index in [0.29, 0.717) is 12.5 Å². The Hall–Kier alpha value is 0.390. The molecule has 0 spiro atoms. The fraction of sp³-hybridized carbons (Fsp3) is 0.875. The average Bonchev–Trinajstić information content (AvgIpc) is 2.15. The van der Waals surface area contributed by atoms with Gasteiger partial charge in [0, 0.05) is 0 Å². The molecule has 1 heterocycles. The van der Waals surface area contributed by atoms with Gasteiger partial charge in [0.25, 0.3) is 0 Å². The van der Waals surface area contributed by atoms with Crippen LogP contribution >= 0.6 is 31.9 Å². The molecule has 0 atom stereocenters. The first-order chi connectivity index (χ1) is 6.20. The Kier molecular flexibility index (Phi) is 5.28. The van der Waals surface area contributed by atoms with Crippen LogP contribution in [0.2, 0.25) is 0 Å². The van der Waals surface area contributed by atoms with Crippen LogP contribution in [-0.4, -0.2) is 29.4 Å². The van der Waals surface area contributed by atoms with E-state index in [4.69, 9.17) is 4.74 Å². The maximum absolute atomic E-state index is 11.1. The van der Waals surface area contributed by atoms with Gasteiger partial charge in [-0.3, -0.25) is 0 Å². The molecule has 1 aliphatic heterocycles. The van der Waals surface area contributed by atoms with Crippen LogP contribution < -0.4 is 5.32 Å². The van der Waals surface area contributed by atoms with E-state index in [-0.39, 0.29) is 9.71 Å². The molecule has 0 aliphatic carbocycles. The molecule has 13 heavy (non-hydrogen) atoms. The number of hydrogen-bond acceptors (Lipinski definition) is 3. The second kappa shape index (κ2) is 5.98. The first kappa shape index (κ1) is 11.5. The lowest BCUT2D eigenvalue weighted by Gasteiger charge is -2.22. The van der Waals surface area contributed by atoms with Gasteiger partial charge in [0.15, 0.2) is 3.74 Å². The molecular weight excluding hydrogens is 302 g/mol. The minimum atomic E-state index is -0.373. The van der Waals surface area contributed by atoms with Gasteiger partial charge in [0.1, 0.15) is 0 Å². The van der Waals surface area contributed by atoms with Gasteiger partial charge in [0.05, 0.1) is 6.61 Å². The van der Waals surface area contributed by atoms with E-state index in [2.05, 4.69) is 37.2 Å². The molecular formula is C8H13Br2NO2. The van der Waals surface area contributed by atoms with Crippen LogP contribution in [-0.2, 0) is 9.53 Å². The second-order valence-corrected chi connectivity index (χ2v) is 6.18. The summed E-state index contributed by atoms with van der Waals surface area (Å²) in [6.45, 7) is 2.62. The highest BCUT2D eigenvalue weighted by molar-refractivity contribution is 9.25. The predicted octanol–water partition coefficient (Wildman–Crippen LogP) is 1.65. The Morgan fingerprint density at radius 2 is 2.08 bits per heavy atom. The van der Waals surface area contributed by atoms with Crippen molar-refractivity contribution in [1.82, 2.24) is 5.32 Å². The summed E-state index contributed by atoms with van der Waals surface area (Å²) >= 11 is 6.19. The highest BCUT2D eigenvalue weighted by Gasteiger charge is 2.17. The maximum atomic E-state index is 11.1. The lowest BCUT2D eigenvalue weighted by atomic mass is 9.99. The topological polar surface area (TPSA) is 38.3 Å². The number of ether oxygens (including phenoxy) is 1. The molecule has 1 fully saturated rings. The van der Waals surface area contributed by atoms with E-state index in [1.807, 2.05) is 0 Å². The minimum Gasteiger partial charge on any atom is -0.464 e. The Balaban J connectivity index is 2.13. The van der Waals surface area contributed by atoms with Crippen molar-refractivity contribution in [2.75, 3.05) is 19.7 Å². The van der Waals surface area contributed by atoms with Gasteiger partial charge >= 0.3 is 5.97 Å². The summed E-state index contributed by atoms with van der Waals surface area (Å²) in [5.41, 5.74) is 0. The van der Waals surface area contributed by atoms with Crippen LogP contribution in [0.5, 0.6) is 0 Å². The standard InChI is InChI=1S/C8H13Br2NO2/c9-7(10)8(12)13-5-6-1-3-11-4-2-6/h6-7,11H,1-5H2. The number of carbonyl (C=O) groups is 1. The molecule has 1 N–H and O–H groups in total. The van der Waals surface area contributed by atoms with E-state index in [1.165, 1.54) is 0 Å².